The first kappa shape index (κ1) is 21.3. The molecule has 166 valence electrons. The summed E-state index contributed by atoms with van der Waals surface area (Å²) in [6.07, 6.45) is 3.03. The first-order valence-corrected chi connectivity index (χ1v) is 12.3. The zero-order valence-corrected chi connectivity index (χ0v) is 19.7. The number of rotatable bonds is 5. The zero-order valence-electron chi connectivity index (χ0n) is 18.9. The Bertz CT molecular complexity index is 1350. The third-order valence-corrected chi connectivity index (χ3v) is 6.87. The van der Waals surface area contributed by atoms with Crippen molar-refractivity contribution in [3.05, 3.63) is 95.2 Å². The molecule has 33 heavy (non-hydrogen) atoms. The summed E-state index contributed by atoms with van der Waals surface area (Å²) in [7, 11) is 0. The minimum Gasteiger partial charge on any atom is -0.329 e. The molecule has 1 amide bonds. The van der Waals surface area contributed by atoms with Crippen LogP contribution in [0, 0.1) is 0 Å². The van der Waals surface area contributed by atoms with Crippen LogP contribution in [-0.2, 0) is 11.2 Å². The monoisotopic (exact) mass is 454 g/mol. The summed E-state index contributed by atoms with van der Waals surface area (Å²) in [6, 6.07) is 24.2. The summed E-state index contributed by atoms with van der Waals surface area (Å²) in [5.41, 5.74) is 6.45. The highest BCUT2D eigenvalue weighted by molar-refractivity contribution is 7.98. The molecular weight excluding hydrogens is 428 g/mol. The Morgan fingerprint density at radius 3 is 2.48 bits per heavy atom. The fraction of sp³-hybridized carbons (Fsp3) is 0.185. The lowest BCUT2D eigenvalue weighted by Crippen LogP contribution is -2.30. The van der Waals surface area contributed by atoms with E-state index in [0.717, 1.165) is 40.4 Å². The second kappa shape index (κ2) is 8.79. The molecule has 0 spiro atoms. The molecule has 0 fully saturated rings. The Labute approximate surface area is 197 Å². The Morgan fingerprint density at radius 2 is 1.79 bits per heavy atom. The van der Waals surface area contributed by atoms with Gasteiger partial charge in [0.25, 0.3) is 5.91 Å². The number of allylic oxidation sites excluding steroid dienone is 1. The van der Waals surface area contributed by atoms with Gasteiger partial charge in [-0.1, -0.05) is 43.3 Å². The van der Waals surface area contributed by atoms with Crippen LogP contribution in [-0.4, -0.2) is 21.7 Å². The van der Waals surface area contributed by atoms with Crippen LogP contribution in [0.4, 0.5) is 11.6 Å². The standard InChI is InChI=1S/C27H26N4OS/c1-4-18-9-13-20(14-10-18)29-26(32)24-17(2)28-27-30-22-7-5-6-8-23(22)31(27)25(24)19-11-15-21(33-3)16-12-19/h5-16,25H,4H2,1-3H3,(H,28,30)(H,29,32)/t25-/m0/s1. The van der Waals surface area contributed by atoms with Crippen LogP contribution >= 0.6 is 11.8 Å². The quantitative estimate of drug-likeness (QED) is 0.350. The first-order chi connectivity index (χ1) is 16.1. The lowest BCUT2D eigenvalue weighted by atomic mass is 9.94. The van der Waals surface area contributed by atoms with Gasteiger partial charge in [0, 0.05) is 16.3 Å². The highest BCUT2D eigenvalue weighted by atomic mass is 32.2. The van der Waals surface area contributed by atoms with E-state index >= 15 is 0 Å². The molecule has 2 N–H and O–H groups in total. The third-order valence-electron chi connectivity index (χ3n) is 6.13. The van der Waals surface area contributed by atoms with Crippen molar-refractivity contribution in [1.29, 1.82) is 0 Å². The molecule has 1 aliphatic heterocycles. The van der Waals surface area contributed by atoms with E-state index in [4.69, 9.17) is 4.98 Å². The van der Waals surface area contributed by atoms with E-state index in [-0.39, 0.29) is 11.9 Å². The van der Waals surface area contributed by atoms with Crippen molar-refractivity contribution in [2.75, 3.05) is 16.9 Å². The Balaban J connectivity index is 1.61. The highest BCUT2D eigenvalue weighted by Crippen LogP contribution is 2.39. The summed E-state index contributed by atoms with van der Waals surface area (Å²) < 4.78 is 2.13. The molecule has 5 nitrogen and oxygen atoms in total. The molecule has 6 heteroatoms. The lowest BCUT2D eigenvalue weighted by Gasteiger charge is -2.31. The predicted molar refractivity (Wildman–Crippen MR) is 137 cm³/mol. The number of para-hydroxylation sites is 2. The van der Waals surface area contributed by atoms with Gasteiger partial charge in [0.2, 0.25) is 5.95 Å². The van der Waals surface area contributed by atoms with E-state index in [1.807, 2.05) is 37.3 Å². The van der Waals surface area contributed by atoms with Crippen LogP contribution in [0.2, 0.25) is 0 Å². The van der Waals surface area contributed by atoms with E-state index in [9.17, 15) is 4.79 Å². The number of thioether (sulfide) groups is 1. The number of aromatic nitrogens is 2. The molecule has 0 radical (unpaired) electrons. The molecule has 0 unspecified atom stereocenters. The van der Waals surface area contributed by atoms with Crippen LogP contribution in [0.1, 0.15) is 31.0 Å². The first-order valence-electron chi connectivity index (χ1n) is 11.1. The van der Waals surface area contributed by atoms with Gasteiger partial charge >= 0.3 is 0 Å². The summed E-state index contributed by atoms with van der Waals surface area (Å²) >= 11 is 1.70. The number of nitrogens with zero attached hydrogens (tertiary/aromatic N) is 2. The largest absolute Gasteiger partial charge is 0.329 e. The fourth-order valence-electron chi connectivity index (χ4n) is 4.38. The van der Waals surface area contributed by atoms with Gasteiger partial charge in [0.1, 0.15) is 0 Å². The number of nitrogens with one attached hydrogen (secondary N) is 2. The smallest absolute Gasteiger partial charge is 0.255 e. The summed E-state index contributed by atoms with van der Waals surface area (Å²) in [6.45, 7) is 4.07. The Hall–Kier alpha value is -3.51. The van der Waals surface area contributed by atoms with Gasteiger partial charge in [-0.3, -0.25) is 9.36 Å². The average Bonchev–Trinajstić information content (AvgIpc) is 3.21. The van der Waals surface area contributed by atoms with E-state index in [1.54, 1.807) is 11.8 Å². The number of hydrogen-bond donors (Lipinski definition) is 2. The van der Waals surface area contributed by atoms with Crippen molar-refractivity contribution in [2.24, 2.45) is 0 Å². The van der Waals surface area contributed by atoms with Gasteiger partial charge in [-0.15, -0.1) is 11.8 Å². The fourth-order valence-corrected chi connectivity index (χ4v) is 4.79. The number of amides is 1. The van der Waals surface area contributed by atoms with E-state index in [1.165, 1.54) is 10.5 Å². The minimum atomic E-state index is -0.292. The van der Waals surface area contributed by atoms with Crippen molar-refractivity contribution in [3.8, 4) is 0 Å². The molecule has 3 aromatic carbocycles. The highest BCUT2D eigenvalue weighted by Gasteiger charge is 2.34. The third kappa shape index (κ3) is 3.91. The number of aryl methyl sites for hydroxylation is 1. The molecule has 0 aliphatic carbocycles. The average molecular weight is 455 g/mol. The maximum atomic E-state index is 13.7. The molecule has 1 aromatic heterocycles. The molecule has 1 aliphatic rings. The number of carbonyl (C=O) groups excluding carboxylic acids is 1. The minimum absolute atomic E-state index is 0.119. The molecule has 1 atom stereocenters. The SMILES string of the molecule is CCc1ccc(NC(=O)C2=C(C)Nc3nc4ccccc4n3[C@H]2c2ccc(SC)cc2)cc1. The topological polar surface area (TPSA) is 59.0 Å². The van der Waals surface area contributed by atoms with Crippen molar-refractivity contribution in [1.82, 2.24) is 9.55 Å². The number of hydrogen-bond acceptors (Lipinski definition) is 4. The molecule has 0 bridgehead atoms. The molecule has 2 heterocycles. The van der Waals surface area contributed by atoms with E-state index < -0.39 is 0 Å². The normalized spacial score (nSPS) is 15.3. The molecular formula is C27H26N4OS. The van der Waals surface area contributed by atoms with Gasteiger partial charge in [-0.05, 0) is 67.1 Å². The Morgan fingerprint density at radius 1 is 1.06 bits per heavy atom. The van der Waals surface area contributed by atoms with Crippen LogP contribution in [0.3, 0.4) is 0 Å². The van der Waals surface area contributed by atoms with Gasteiger partial charge in [-0.2, -0.15) is 0 Å². The Kier molecular flexibility index (Phi) is 5.68. The van der Waals surface area contributed by atoms with Crippen LogP contribution < -0.4 is 10.6 Å². The number of anilines is 2. The molecule has 0 saturated heterocycles. The van der Waals surface area contributed by atoms with E-state index in [0.29, 0.717) is 5.57 Å². The summed E-state index contributed by atoms with van der Waals surface area (Å²) in [4.78, 5) is 19.6. The van der Waals surface area contributed by atoms with Crippen molar-refractivity contribution in [3.63, 3.8) is 0 Å². The summed E-state index contributed by atoms with van der Waals surface area (Å²) in [5.74, 6) is 0.628. The molecule has 4 aromatic rings. The van der Waals surface area contributed by atoms with Crippen LogP contribution in [0.5, 0.6) is 0 Å². The van der Waals surface area contributed by atoms with Gasteiger partial charge < -0.3 is 10.6 Å². The lowest BCUT2D eigenvalue weighted by molar-refractivity contribution is -0.113. The maximum Gasteiger partial charge on any atom is 0.255 e. The van der Waals surface area contributed by atoms with Gasteiger partial charge in [0.15, 0.2) is 0 Å². The number of carbonyl (C=O) groups is 1. The zero-order chi connectivity index (χ0) is 22.9. The number of fused-ring (bicyclic) bond motifs is 3. The maximum absolute atomic E-state index is 13.7. The number of imidazole rings is 1. The van der Waals surface area contributed by atoms with Crippen LogP contribution in [0.25, 0.3) is 11.0 Å². The van der Waals surface area contributed by atoms with E-state index in [2.05, 4.69) is 70.8 Å². The summed E-state index contributed by atoms with van der Waals surface area (Å²) in [5, 5.41) is 6.49. The second-order valence-electron chi connectivity index (χ2n) is 8.14. The van der Waals surface area contributed by atoms with Crippen molar-refractivity contribution >= 4 is 40.3 Å². The van der Waals surface area contributed by atoms with Crippen LogP contribution in [0.15, 0.2) is 89.0 Å². The second-order valence-corrected chi connectivity index (χ2v) is 9.02. The van der Waals surface area contributed by atoms with Gasteiger partial charge in [-0.25, -0.2) is 4.98 Å². The van der Waals surface area contributed by atoms with Crippen molar-refractivity contribution in [2.45, 2.75) is 31.2 Å². The predicted octanol–water partition coefficient (Wildman–Crippen LogP) is 6.25. The number of benzene rings is 3. The molecule has 5 rings (SSSR count). The molecule has 0 saturated carbocycles. The van der Waals surface area contributed by atoms with Crippen molar-refractivity contribution < 1.29 is 4.79 Å². The van der Waals surface area contributed by atoms with Gasteiger partial charge in [0.05, 0.1) is 22.6 Å².